The van der Waals surface area contributed by atoms with Gasteiger partial charge in [0, 0.05) is 13.7 Å². The van der Waals surface area contributed by atoms with Crippen LogP contribution in [-0.4, -0.2) is 13.7 Å². The molecule has 0 aromatic carbocycles. The molecule has 74 valence electrons. The van der Waals surface area contributed by atoms with E-state index in [0.717, 1.165) is 12.5 Å². The highest BCUT2D eigenvalue weighted by molar-refractivity contribution is 4.56. The van der Waals surface area contributed by atoms with E-state index in [9.17, 15) is 0 Å². The smallest absolute Gasteiger partial charge is 0.0464 e. The van der Waals surface area contributed by atoms with Crippen molar-refractivity contribution < 1.29 is 4.74 Å². The lowest BCUT2D eigenvalue weighted by Crippen LogP contribution is -2.03. The van der Waals surface area contributed by atoms with Crippen molar-refractivity contribution in [1.29, 1.82) is 0 Å². The fraction of sp³-hybridized carbons (Fsp3) is 1.00. The van der Waals surface area contributed by atoms with Gasteiger partial charge in [-0.2, -0.15) is 0 Å². The highest BCUT2D eigenvalue weighted by atomic mass is 16.5. The van der Waals surface area contributed by atoms with Gasteiger partial charge < -0.3 is 4.74 Å². The molecule has 0 fully saturated rings. The van der Waals surface area contributed by atoms with E-state index in [2.05, 4.69) is 13.8 Å². The SMILES string of the molecule is CCCCC[C@@H](CC)CCOC. The monoisotopic (exact) mass is 172 g/mol. The molecule has 12 heavy (non-hydrogen) atoms. The van der Waals surface area contributed by atoms with Crippen molar-refractivity contribution >= 4 is 0 Å². The zero-order chi connectivity index (χ0) is 9.23. The first-order valence-corrected chi connectivity index (χ1v) is 5.34. The lowest BCUT2D eigenvalue weighted by molar-refractivity contribution is 0.173. The van der Waals surface area contributed by atoms with E-state index in [1.807, 2.05) is 0 Å². The van der Waals surface area contributed by atoms with Gasteiger partial charge in [-0.15, -0.1) is 0 Å². The topological polar surface area (TPSA) is 9.23 Å². The van der Waals surface area contributed by atoms with Crippen LogP contribution in [0, 0.1) is 5.92 Å². The van der Waals surface area contributed by atoms with E-state index in [1.165, 1.54) is 38.5 Å². The van der Waals surface area contributed by atoms with Gasteiger partial charge in [0.25, 0.3) is 0 Å². The second-order valence-corrected chi connectivity index (χ2v) is 3.55. The van der Waals surface area contributed by atoms with Crippen LogP contribution in [0.1, 0.15) is 52.4 Å². The average molecular weight is 172 g/mol. The van der Waals surface area contributed by atoms with Gasteiger partial charge in [-0.3, -0.25) is 0 Å². The van der Waals surface area contributed by atoms with Gasteiger partial charge >= 0.3 is 0 Å². The van der Waals surface area contributed by atoms with Crippen molar-refractivity contribution in [3.8, 4) is 0 Å². The maximum absolute atomic E-state index is 5.08. The minimum absolute atomic E-state index is 0.900. The van der Waals surface area contributed by atoms with Crippen LogP contribution in [0.25, 0.3) is 0 Å². The minimum atomic E-state index is 0.900. The Morgan fingerprint density at radius 3 is 2.33 bits per heavy atom. The summed E-state index contributed by atoms with van der Waals surface area (Å²) in [7, 11) is 1.79. The zero-order valence-corrected chi connectivity index (χ0v) is 8.94. The van der Waals surface area contributed by atoms with Gasteiger partial charge in [0.1, 0.15) is 0 Å². The molecule has 0 bridgehead atoms. The van der Waals surface area contributed by atoms with Crippen molar-refractivity contribution in [2.24, 2.45) is 5.92 Å². The number of rotatable bonds is 8. The molecule has 0 unspecified atom stereocenters. The summed E-state index contributed by atoms with van der Waals surface area (Å²) >= 11 is 0. The molecule has 0 saturated carbocycles. The third-order valence-electron chi connectivity index (χ3n) is 2.52. The summed E-state index contributed by atoms with van der Waals surface area (Å²) in [5.74, 6) is 0.900. The average Bonchev–Trinajstić information content (AvgIpc) is 2.11. The van der Waals surface area contributed by atoms with Crippen LogP contribution in [0.5, 0.6) is 0 Å². The molecule has 1 atom stereocenters. The largest absolute Gasteiger partial charge is 0.385 e. The van der Waals surface area contributed by atoms with Gasteiger partial charge in [0.2, 0.25) is 0 Å². The molecule has 0 aromatic heterocycles. The van der Waals surface area contributed by atoms with Gasteiger partial charge in [0.15, 0.2) is 0 Å². The predicted molar refractivity (Wildman–Crippen MR) is 54.4 cm³/mol. The summed E-state index contributed by atoms with van der Waals surface area (Å²) in [4.78, 5) is 0. The minimum Gasteiger partial charge on any atom is -0.385 e. The second-order valence-electron chi connectivity index (χ2n) is 3.55. The Labute approximate surface area is 77.5 Å². The molecular weight excluding hydrogens is 148 g/mol. The van der Waals surface area contributed by atoms with E-state index in [4.69, 9.17) is 4.74 Å². The Morgan fingerprint density at radius 2 is 1.83 bits per heavy atom. The standard InChI is InChI=1S/C11H24O/c1-4-6-7-8-11(5-2)9-10-12-3/h11H,4-10H2,1-3H3/t11-/m1/s1. The van der Waals surface area contributed by atoms with Crippen molar-refractivity contribution in [3.05, 3.63) is 0 Å². The fourth-order valence-electron chi connectivity index (χ4n) is 1.52. The van der Waals surface area contributed by atoms with Crippen LogP contribution >= 0.6 is 0 Å². The first-order chi connectivity index (χ1) is 5.85. The van der Waals surface area contributed by atoms with Crippen LogP contribution in [0.4, 0.5) is 0 Å². The summed E-state index contributed by atoms with van der Waals surface area (Å²) in [6, 6.07) is 0. The molecular formula is C11H24O. The quantitative estimate of drug-likeness (QED) is 0.508. The van der Waals surface area contributed by atoms with Crippen LogP contribution in [0.2, 0.25) is 0 Å². The Kier molecular flexibility index (Phi) is 9.02. The van der Waals surface area contributed by atoms with Crippen molar-refractivity contribution in [2.45, 2.75) is 52.4 Å². The summed E-state index contributed by atoms with van der Waals surface area (Å²) in [6.07, 6.45) is 8.08. The van der Waals surface area contributed by atoms with E-state index in [-0.39, 0.29) is 0 Å². The van der Waals surface area contributed by atoms with Crippen LogP contribution < -0.4 is 0 Å². The molecule has 1 nitrogen and oxygen atoms in total. The number of unbranched alkanes of at least 4 members (excludes halogenated alkanes) is 2. The zero-order valence-electron chi connectivity index (χ0n) is 8.94. The molecule has 0 heterocycles. The van der Waals surface area contributed by atoms with Crippen LogP contribution in [0.15, 0.2) is 0 Å². The Balaban J connectivity index is 3.26. The van der Waals surface area contributed by atoms with E-state index >= 15 is 0 Å². The molecule has 0 saturated heterocycles. The molecule has 1 heteroatoms. The van der Waals surface area contributed by atoms with Crippen LogP contribution in [0.3, 0.4) is 0 Å². The van der Waals surface area contributed by atoms with Gasteiger partial charge in [-0.05, 0) is 12.3 Å². The first kappa shape index (κ1) is 12.0. The first-order valence-electron chi connectivity index (χ1n) is 5.34. The molecule has 0 rings (SSSR count). The fourth-order valence-corrected chi connectivity index (χ4v) is 1.52. The molecule has 0 amide bonds. The molecule has 0 N–H and O–H groups in total. The van der Waals surface area contributed by atoms with E-state index < -0.39 is 0 Å². The predicted octanol–water partition coefficient (Wildman–Crippen LogP) is 3.63. The maximum atomic E-state index is 5.08. The van der Waals surface area contributed by atoms with Crippen LogP contribution in [-0.2, 0) is 4.74 Å². The summed E-state index contributed by atoms with van der Waals surface area (Å²) < 4.78 is 5.08. The number of hydrogen-bond acceptors (Lipinski definition) is 1. The highest BCUT2D eigenvalue weighted by Gasteiger charge is 2.04. The molecule has 0 spiro atoms. The molecule has 0 radical (unpaired) electrons. The van der Waals surface area contributed by atoms with Crippen molar-refractivity contribution in [2.75, 3.05) is 13.7 Å². The molecule has 0 aliphatic rings. The lowest BCUT2D eigenvalue weighted by atomic mass is 9.96. The maximum Gasteiger partial charge on any atom is 0.0464 e. The third kappa shape index (κ3) is 6.66. The third-order valence-corrected chi connectivity index (χ3v) is 2.52. The summed E-state index contributed by atoms with van der Waals surface area (Å²) in [6.45, 7) is 5.48. The van der Waals surface area contributed by atoms with Gasteiger partial charge in [-0.25, -0.2) is 0 Å². The Hall–Kier alpha value is -0.0400. The van der Waals surface area contributed by atoms with Gasteiger partial charge in [-0.1, -0.05) is 46.0 Å². The van der Waals surface area contributed by atoms with Crippen molar-refractivity contribution in [3.63, 3.8) is 0 Å². The van der Waals surface area contributed by atoms with Crippen molar-refractivity contribution in [1.82, 2.24) is 0 Å². The second kappa shape index (κ2) is 9.05. The number of ether oxygens (including phenoxy) is 1. The molecule has 0 aromatic rings. The lowest BCUT2D eigenvalue weighted by Gasteiger charge is -2.13. The summed E-state index contributed by atoms with van der Waals surface area (Å²) in [5.41, 5.74) is 0. The number of hydrogen-bond donors (Lipinski definition) is 0. The van der Waals surface area contributed by atoms with Gasteiger partial charge in [0.05, 0.1) is 0 Å². The molecule has 0 aliphatic heterocycles. The van der Waals surface area contributed by atoms with E-state index in [1.54, 1.807) is 7.11 Å². The molecule has 0 aliphatic carbocycles. The van der Waals surface area contributed by atoms with E-state index in [0.29, 0.717) is 0 Å². The normalized spacial score (nSPS) is 13.2. The Bertz CT molecular complexity index is 81.1. The summed E-state index contributed by atoms with van der Waals surface area (Å²) in [5, 5.41) is 0. The highest BCUT2D eigenvalue weighted by Crippen LogP contribution is 2.16. The Morgan fingerprint density at radius 1 is 1.08 bits per heavy atom. The number of methoxy groups -OCH3 is 1.